The van der Waals surface area contributed by atoms with Crippen LogP contribution >= 0.6 is 34.7 Å². The normalized spacial score (nSPS) is 17.4. The van der Waals surface area contributed by atoms with Gasteiger partial charge in [0.1, 0.15) is 0 Å². The van der Waals surface area contributed by atoms with Crippen molar-refractivity contribution < 1.29 is 9.53 Å². The van der Waals surface area contributed by atoms with Crippen molar-refractivity contribution in [3.05, 3.63) is 46.8 Å². The van der Waals surface area contributed by atoms with Crippen LogP contribution in [0.1, 0.15) is 19.8 Å². The lowest BCUT2D eigenvalue weighted by Gasteiger charge is -2.16. The third-order valence-corrected chi connectivity index (χ3v) is 6.79. The second-order valence-corrected chi connectivity index (χ2v) is 9.48. The van der Waals surface area contributed by atoms with Crippen LogP contribution in [0.15, 0.2) is 46.9 Å². The number of carbonyl (C=O) groups is 1. The number of benzene rings is 1. The molecule has 0 unspecified atom stereocenters. The van der Waals surface area contributed by atoms with Gasteiger partial charge in [-0.1, -0.05) is 35.5 Å². The van der Waals surface area contributed by atoms with Gasteiger partial charge >= 0.3 is 0 Å². The summed E-state index contributed by atoms with van der Waals surface area (Å²) >= 11 is 9.02. The predicted octanol–water partition coefficient (Wildman–Crippen LogP) is 4.96. The number of anilines is 1. The first-order valence-corrected chi connectivity index (χ1v) is 11.6. The summed E-state index contributed by atoms with van der Waals surface area (Å²) in [6.45, 7) is 3.34. The molecule has 2 aromatic heterocycles. The number of hydrogen-bond donors (Lipinski definition) is 1. The molecule has 3 aromatic rings. The van der Waals surface area contributed by atoms with E-state index in [0.29, 0.717) is 17.3 Å². The summed E-state index contributed by atoms with van der Waals surface area (Å²) in [4.78, 5) is 13.7. The van der Waals surface area contributed by atoms with Crippen LogP contribution < -0.4 is 5.32 Å². The minimum atomic E-state index is -0.349. The van der Waals surface area contributed by atoms with Crippen molar-refractivity contribution in [2.45, 2.75) is 42.8 Å². The van der Waals surface area contributed by atoms with Gasteiger partial charge in [0.25, 0.3) is 0 Å². The number of nitrogens with one attached hydrogen (secondary N) is 1. The monoisotopic (exact) mass is 448 g/mol. The molecule has 0 spiro atoms. The Kier molecular flexibility index (Phi) is 6.54. The van der Waals surface area contributed by atoms with Crippen molar-refractivity contribution in [1.82, 2.24) is 14.8 Å². The zero-order valence-electron chi connectivity index (χ0n) is 15.9. The van der Waals surface area contributed by atoms with Crippen LogP contribution in [0, 0.1) is 0 Å². The van der Waals surface area contributed by atoms with Crippen LogP contribution in [0.2, 0.25) is 5.02 Å². The highest BCUT2D eigenvalue weighted by Gasteiger charge is 2.25. The SMILES string of the molecule is C[C@H](Sc1nnc(-c2cccs2)n1C[C@H]1CCCO1)C(=O)Nc1cccc(Cl)c1. The third-order valence-electron chi connectivity index (χ3n) is 4.61. The Morgan fingerprint density at radius 2 is 2.31 bits per heavy atom. The lowest BCUT2D eigenvalue weighted by molar-refractivity contribution is -0.115. The van der Waals surface area contributed by atoms with Gasteiger partial charge in [0.2, 0.25) is 5.91 Å². The van der Waals surface area contributed by atoms with E-state index in [1.807, 2.05) is 30.5 Å². The molecule has 3 heterocycles. The number of carbonyl (C=O) groups excluding carboxylic acids is 1. The summed E-state index contributed by atoms with van der Waals surface area (Å²) in [6, 6.07) is 11.2. The maximum Gasteiger partial charge on any atom is 0.237 e. The number of amides is 1. The highest BCUT2D eigenvalue weighted by Crippen LogP contribution is 2.31. The van der Waals surface area contributed by atoms with Crippen LogP contribution in [0.3, 0.4) is 0 Å². The Bertz CT molecular complexity index is 971. The maximum atomic E-state index is 12.7. The molecule has 0 bridgehead atoms. The highest BCUT2D eigenvalue weighted by molar-refractivity contribution is 8.00. The number of thiophene rings is 1. The van der Waals surface area contributed by atoms with E-state index in [-0.39, 0.29) is 17.3 Å². The first kappa shape index (κ1) is 20.4. The summed E-state index contributed by atoms with van der Waals surface area (Å²) in [7, 11) is 0. The van der Waals surface area contributed by atoms with Gasteiger partial charge in [0, 0.05) is 17.3 Å². The van der Waals surface area contributed by atoms with Crippen molar-refractivity contribution in [1.29, 1.82) is 0 Å². The van der Waals surface area contributed by atoms with Crippen molar-refractivity contribution in [2.24, 2.45) is 0 Å². The highest BCUT2D eigenvalue weighted by atomic mass is 35.5. The summed E-state index contributed by atoms with van der Waals surface area (Å²) in [5, 5.41) is 14.7. The lowest BCUT2D eigenvalue weighted by Crippen LogP contribution is -2.23. The van der Waals surface area contributed by atoms with Gasteiger partial charge in [-0.05, 0) is 49.4 Å². The Labute approximate surface area is 182 Å². The quantitative estimate of drug-likeness (QED) is 0.517. The van der Waals surface area contributed by atoms with E-state index in [2.05, 4.69) is 20.1 Å². The molecule has 1 aliphatic heterocycles. The van der Waals surface area contributed by atoms with Gasteiger partial charge in [0.05, 0.1) is 22.8 Å². The molecule has 1 aromatic carbocycles. The predicted molar refractivity (Wildman–Crippen MR) is 118 cm³/mol. The molecule has 1 N–H and O–H groups in total. The molecule has 152 valence electrons. The fourth-order valence-corrected chi connectivity index (χ4v) is 4.91. The standard InChI is InChI=1S/C20H21ClN4O2S2/c1-13(19(26)22-15-6-2-5-14(21)11-15)29-20-24-23-18(17-8-4-10-28-17)25(20)12-16-7-3-9-27-16/h2,4-6,8,10-11,13,16H,3,7,9,12H2,1H3,(H,22,26)/t13-,16+/m0/s1. The largest absolute Gasteiger partial charge is 0.376 e. The molecule has 1 amide bonds. The Morgan fingerprint density at radius 1 is 1.41 bits per heavy atom. The van der Waals surface area contributed by atoms with E-state index in [4.69, 9.17) is 16.3 Å². The van der Waals surface area contributed by atoms with Crippen LogP contribution in [0.5, 0.6) is 0 Å². The molecule has 1 aliphatic rings. The number of halogens is 1. The molecule has 6 nitrogen and oxygen atoms in total. The van der Waals surface area contributed by atoms with Gasteiger partial charge in [-0.2, -0.15) is 0 Å². The first-order valence-electron chi connectivity index (χ1n) is 9.42. The van der Waals surface area contributed by atoms with E-state index in [1.54, 1.807) is 29.5 Å². The molecule has 9 heteroatoms. The topological polar surface area (TPSA) is 69.0 Å². The van der Waals surface area contributed by atoms with Gasteiger partial charge in [-0.25, -0.2) is 0 Å². The Morgan fingerprint density at radius 3 is 3.03 bits per heavy atom. The molecule has 29 heavy (non-hydrogen) atoms. The van der Waals surface area contributed by atoms with Crippen molar-refractivity contribution >= 4 is 46.3 Å². The van der Waals surface area contributed by atoms with Crippen LogP contribution in [-0.2, 0) is 16.1 Å². The lowest BCUT2D eigenvalue weighted by atomic mass is 10.2. The molecule has 0 saturated carbocycles. The van der Waals surface area contributed by atoms with Crippen molar-refractivity contribution in [2.75, 3.05) is 11.9 Å². The van der Waals surface area contributed by atoms with Gasteiger partial charge in [0.15, 0.2) is 11.0 Å². The second kappa shape index (κ2) is 9.30. The molecule has 0 aliphatic carbocycles. The van der Waals surface area contributed by atoms with Crippen molar-refractivity contribution in [3.63, 3.8) is 0 Å². The van der Waals surface area contributed by atoms with Gasteiger partial charge in [-0.15, -0.1) is 21.5 Å². The van der Waals surface area contributed by atoms with E-state index in [0.717, 1.165) is 35.3 Å². The minimum absolute atomic E-state index is 0.110. The fourth-order valence-electron chi connectivity index (χ4n) is 3.14. The molecular weight excluding hydrogens is 428 g/mol. The number of nitrogens with zero attached hydrogens (tertiary/aromatic N) is 3. The molecule has 2 atom stereocenters. The first-order chi connectivity index (χ1) is 14.1. The number of thioether (sulfide) groups is 1. The minimum Gasteiger partial charge on any atom is -0.376 e. The smallest absolute Gasteiger partial charge is 0.237 e. The summed E-state index contributed by atoms with van der Waals surface area (Å²) in [6.07, 6.45) is 2.25. The average molecular weight is 449 g/mol. The zero-order chi connectivity index (χ0) is 20.2. The van der Waals surface area contributed by atoms with Crippen LogP contribution in [0.4, 0.5) is 5.69 Å². The second-order valence-electron chi connectivity index (χ2n) is 6.79. The molecule has 4 rings (SSSR count). The molecule has 1 saturated heterocycles. The number of ether oxygens (including phenoxy) is 1. The number of hydrogen-bond acceptors (Lipinski definition) is 6. The van der Waals surface area contributed by atoms with Crippen LogP contribution in [0.25, 0.3) is 10.7 Å². The summed E-state index contributed by atoms with van der Waals surface area (Å²) in [5.41, 5.74) is 0.676. The molecular formula is C20H21ClN4O2S2. The maximum absolute atomic E-state index is 12.7. The summed E-state index contributed by atoms with van der Waals surface area (Å²) in [5.74, 6) is 0.710. The van der Waals surface area contributed by atoms with E-state index < -0.39 is 0 Å². The number of rotatable bonds is 7. The van der Waals surface area contributed by atoms with Crippen molar-refractivity contribution in [3.8, 4) is 10.7 Å². The Balaban J connectivity index is 1.51. The Hall–Kier alpha value is -1.87. The molecule has 1 fully saturated rings. The van der Waals surface area contributed by atoms with Crippen LogP contribution in [-0.4, -0.2) is 38.6 Å². The molecule has 0 radical (unpaired) electrons. The number of aromatic nitrogens is 3. The van der Waals surface area contributed by atoms with Gasteiger partial charge < -0.3 is 10.1 Å². The third kappa shape index (κ3) is 5.01. The van der Waals surface area contributed by atoms with E-state index in [1.165, 1.54) is 11.8 Å². The van der Waals surface area contributed by atoms with Gasteiger partial charge in [-0.3, -0.25) is 9.36 Å². The van der Waals surface area contributed by atoms with E-state index >= 15 is 0 Å². The van der Waals surface area contributed by atoms with E-state index in [9.17, 15) is 4.79 Å². The fraction of sp³-hybridized carbons (Fsp3) is 0.350. The average Bonchev–Trinajstić information content (AvgIpc) is 3.45. The zero-order valence-corrected chi connectivity index (χ0v) is 18.3. The summed E-state index contributed by atoms with van der Waals surface area (Å²) < 4.78 is 7.90.